The lowest BCUT2D eigenvalue weighted by molar-refractivity contribution is -0.148. The highest BCUT2D eigenvalue weighted by atomic mass is 16.3. The van der Waals surface area contributed by atoms with Crippen LogP contribution in [0, 0.1) is 40.4 Å². The SMILES string of the molecule is C[C@@H]1C[C@@]2(C)C(CCC3C2CC[C@]2(C)C(=O)CCC32)CC1O. The molecule has 0 aliphatic heterocycles. The van der Waals surface area contributed by atoms with Crippen LogP contribution in [0.2, 0.25) is 0 Å². The zero-order valence-corrected chi connectivity index (χ0v) is 14.5. The molecule has 0 bridgehead atoms. The fourth-order valence-corrected chi connectivity index (χ4v) is 7.36. The van der Waals surface area contributed by atoms with E-state index in [1.54, 1.807) is 0 Å². The Labute approximate surface area is 135 Å². The van der Waals surface area contributed by atoms with E-state index in [0.717, 1.165) is 37.5 Å². The van der Waals surface area contributed by atoms with E-state index in [1.165, 1.54) is 25.7 Å². The molecular formula is C20H32O2. The maximum Gasteiger partial charge on any atom is 0.139 e. The van der Waals surface area contributed by atoms with Crippen LogP contribution in [-0.2, 0) is 4.79 Å². The van der Waals surface area contributed by atoms with Crippen molar-refractivity contribution < 1.29 is 9.90 Å². The molecule has 0 aromatic rings. The monoisotopic (exact) mass is 304 g/mol. The standard InChI is InChI=1S/C20H32O2/c1-12-11-20(3)13(10-17(12)21)4-5-14-15-6-7-18(22)19(15,2)9-8-16(14)20/h12-17,21H,4-11H2,1-3H3/t12-,13?,14?,15?,16?,17?,19+,20+/m1/s1. The van der Waals surface area contributed by atoms with Gasteiger partial charge in [-0.25, -0.2) is 0 Å². The highest BCUT2D eigenvalue weighted by molar-refractivity contribution is 5.87. The van der Waals surface area contributed by atoms with Gasteiger partial charge in [0, 0.05) is 11.8 Å². The second-order valence-electron chi connectivity index (χ2n) is 9.56. The van der Waals surface area contributed by atoms with Crippen molar-refractivity contribution in [2.24, 2.45) is 40.4 Å². The Morgan fingerprint density at radius 1 is 1.09 bits per heavy atom. The number of Topliss-reactive ketones (excluding diaryl/α,β-unsaturated/α-hetero) is 1. The van der Waals surface area contributed by atoms with Gasteiger partial charge in [0.25, 0.3) is 0 Å². The number of ketones is 1. The maximum absolute atomic E-state index is 12.4. The van der Waals surface area contributed by atoms with Crippen molar-refractivity contribution in [3.63, 3.8) is 0 Å². The van der Waals surface area contributed by atoms with Gasteiger partial charge in [0.05, 0.1) is 6.10 Å². The number of carbonyl (C=O) groups excluding carboxylic acids is 1. The molecule has 0 aromatic carbocycles. The van der Waals surface area contributed by atoms with E-state index in [0.29, 0.717) is 29.0 Å². The van der Waals surface area contributed by atoms with Crippen LogP contribution < -0.4 is 0 Å². The van der Waals surface area contributed by atoms with Crippen molar-refractivity contribution in [3.8, 4) is 0 Å². The predicted molar refractivity (Wildman–Crippen MR) is 87.3 cm³/mol. The normalized spacial score (nSPS) is 57.9. The molecule has 4 aliphatic carbocycles. The number of rotatable bonds is 0. The first-order valence-electron chi connectivity index (χ1n) is 9.57. The van der Waals surface area contributed by atoms with Gasteiger partial charge in [-0.1, -0.05) is 20.8 Å². The molecule has 0 saturated heterocycles. The van der Waals surface area contributed by atoms with Gasteiger partial charge < -0.3 is 5.11 Å². The molecule has 0 spiro atoms. The van der Waals surface area contributed by atoms with E-state index in [4.69, 9.17) is 0 Å². The van der Waals surface area contributed by atoms with E-state index in [-0.39, 0.29) is 11.5 Å². The average Bonchev–Trinajstić information content (AvgIpc) is 2.77. The summed E-state index contributed by atoms with van der Waals surface area (Å²) >= 11 is 0. The van der Waals surface area contributed by atoms with E-state index < -0.39 is 0 Å². The molecule has 22 heavy (non-hydrogen) atoms. The van der Waals surface area contributed by atoms with E-state index in [1.807, 2.05) is 0 Å². The minimum atomic E-state index is -0.0865. The molecule has 0 aromatic heterocycles. The lowest BCUT2D eigenvalue weighted by Crippen LogP contribution is -2.55. The number of aliphatic hydroxyl groups excluding tert-OH is 1. The second-order valence-corrected chi connectivity index (χ2v) is 9.56. The van der Waals surface area contributed by atoms with Crippen molar-refractivity contribution in [2.75, 3.05) is 0 Å². The van der Waals surface area contributed by atoms with Gasteiger partial charge in [-0.15, -0.1) is 0 Å². The van der Waals surface area contributed by atoms with Gasteiger partial charge in [0.1, 0.15) is 5.78 Å². The maximum atomic E-state index is 12.4. The number of carbonyl (C=O) groups is 1. The minimum absolute atomic E-state index is 0.00413. The van der Waals surface area contributed by atoms with Gasteiger partial charge in [-0.2, -0.15) is 0 Å². The van der Waals surface area contributed by atoms with Crippen molar-refractivity contribution >= 4 is 5.78 Å². The fraction of sp³-hybridized carbons (Fsp3) is 0.950. The molecule has 2 nitrogen and oxygen atoms in total. The summed E-state index contributed by atoms with van der Waals surface area (Å²) in [6.45, 7) is 7.03. The van der Waals surface area contributed by atoms with Gasteiger partial charge in [-0.3, -0.25) is 4.79 Å². The van der Waals surface area contributed by atoms with Crippen LogP contribution in [0.15, 0.2) is 0 Å². The van der Waals surface area contributed by atoms with Gasteiger partial charge in [0.15, 0.2) is 0 Å². The fourth-order valence-electron chi connectivity index (χ4n) is 7.36. The first kappa shape index (κ1) is 15.2. The van der Waals surface area contributed by atoms with Crippen LogP contribution in [0.4, 0.5) is 0 Å². The first-order valence-corrected chi connectivity index (χ1v) is 9.57. The van der Waals surface area contributed by atoms with Crippen molar-refractivity contribution in [1.29, 1.82) is 0 Å². The molecule has 1 N–H and O–H groups in total. The third kappa shape index (κ3) is 1.85. The smallest absolute Gasteiger partial charge is 0.139 e. The molecule has 4 aliphatic rings. The molecule has 5 unspecified atom stereocenters. The van der Waals surface area contributed by atoms with E-state index in [9.17, 15) is 9.90 Å². The minimum Gasteiger partial charge on any atom is -0.393 e. The number of aliphatic hydroxyl groups is 1. The zero-order valence-electron chi connectivity index (χ0n) is 14.5. The van der Waals surface area contributed by atoms with Gasteiger partial charge in [-0.05, 0) is 80.0 Å². The largest absolute Gasteiger partial charge is 0.393 e. The third-order valence-electron chi connectivity index (χ3n) is 8.72. The number of fused-ring (bicyclic) bond motifs is 5. The Bertz CT molecular complexity index is 486. The van der Waals surface area contributed by atoms with Crippen LogP contribution in [0.1, 0.15) is 72.1 Å². The van der Waals surface area contributed by atoms with Gasteiger partial charge in [0.2, 0.25) is 0 Å². The van der Waals surface area contributed by atoms with Crippen molar-refractivity contribution in [2.45, 2.75) is 78.2 Å². The summed E-state index contributed by atoms with van der Waals surface area (Å²) < 4.78 is 0. The number of hydrogen-bond donors (Lipinski definition) is 1. The molecule has 0 radical (unpaired) electrons. The highest BCUT2D eigenvalue weighted by Crippen LogP contribution is 2.65. The summed E-state index contributed by atoms with van der Waals surface area (Å²) in [6.07, 6.45) is 9.06. The molecule has 4 rings (SSSR count). The summed E-state index contributed by atoms with van der Waals surface area (Å²) in [6, 6.07) is 0. The lowest BCUT2D eigenvalue weighted by Gasteiger charge is -2.61. The predicted octanol–water partition coefficient (Wildman–Crippen LogP) is 4.21. The van der Waals surface area contributed by atoms with E-state index >= 15 is 0 Å². The lowest BCUT2D eigenvalue weighted by atomic mass is 9.44. The molecule has 0 heterocycles. The van der Waals surface area contributed by atoms with E-state index in [2.05, 4.69) is 20.8 Å². The summed E-state index contributed by atoms with van der Waals surface area (Å²) in [4.78, 5) is 12.4. The Balaban J connectivity index is 1.65. The Kier molecular flexibility index (Phi) is 3.32. The van der Waals surface area contributed by atoms with Crippen LogP contribution in [0.25, 0.3) is 0 Å². The number of hydrogen-bond acceptors (Lipinski definition) is 2. The average molecular weight is 304 g/mol. The van der Waals surface area contributed by atoms with Crippen molar-refractivity contribution in [3.05, 3.63) is 0 Å². The van der Waals surface area contributed by atoms with Crippen molar-refractivity contribution in [1.82, 2.24) is 0 Å². The van der Waals surface area contributed by atoms with Gasteiger partial charge >= 0.3 is 0 Å². The highest BCUT2D eigenvalue weighted by Gasteiger charge is 2.60. The Morgan fingerprint density at radius 3 is 2.64 bits per heavy atom. The Morgan fingerprint density at radius 2 is 1.86 bits per heavy atom. The van der Waals surface area contributed by atoms with Crippen LogP contribution >= 0.6 is 0 Å². The molecular weight excluding hydrogens is 272 g/mol. The molecule has 8 atom stereocenters. The molecule has 4 fully saturated rings. The van der Waals surface area contributed by atoms with Crippen LogP contribution in [-0.4, -0.2) is 17.0 Å². The first-order chi connectivity index (χ1) is 10.4. The summed E-state index contributed by atoms with van der Waals surface area (Å²) in [5.74, 6) is 3.92. The summed E-state index contributed by atoms with van der Waals surface area (Å²) in [5.41, 5.74) is 0.415. The summed E-state index contributed by atoms with van der Waals surface area (Å²) in [7, 11) is 0. The van der Waals surface area contributed by atoms with Crippen LogP contribution in [0.5, 0.6) is 0 Å². The molecule has 4 saturated carbocycles. The second kappa shape index (κ2) is 4.82. The molecule has 124 valence electrons. The zero-order chi connectivity index (χ0) is 15.7. The third-order valence-corrected chi connectivity index (χ3v) is 8.72. The van der Waals surface area contributed by atoms with Crippen LogP contribution in [0.3, 0.4) is 0 Å². The molecule has 0 amide bonds. The topological polar surface area (TPSA) is 37.3 Å². The Hall–Kier alpha value is -0.370. The summed E-state index contributed by atoms with van der Waals surface area (Å²) in [5, 5.41) is 10.3. The molecule has 2 heteroatoms. The quantitative estimate of drug-likeness (QED) is 0.728.